The van der Waals surface area contributed by atoms with Crippen LogP contribution >= 0.6 is 11.6 Å². The monoisotopic (exact) mass is 426 g/mol. The summed E-state index contributed by atoms with van der Waals surface area (Å²) in [6.07, 6.45) is 1.97. The highest BCUT2D eigenvalue weighted by Crippen LogP contribution is 2.32. The number of aryl methyl sites for hydroxylation is 1. The number of halogens is 1. The van der Waals surface area contributed by atoms with Crippen LogP contribution in [0.5, 0.6) is 0 Å². The summed E-state index contributed by atoms with van der Waals surface area (Å²) in [5.41, 5.74) is 5.14. The third-order valence-corrected chi connectivity index (χ3v) is 4.77. The van der Waals surface area contributed by atoms with Gasteiger partial charge in [-0.15, -0.1) is 0 Å². The van der Waals surface area contributed by atoms with E-state index in [1.54, 1.807) is 31.2 Å². The van der Waals surface area contributed by atoms with E-state index in [1.807, 2.05) is 0 Å². The van der Waals surface area contributed by atoms with Gasteiger partial charge in [0.05, 0.1) is 11.1 Å². The molecule has 0 aliphatic heterocycles. The van der Waals surface area contributed by atoms with Crippen molar-refractivity contribution >= 4 is 35.1 Å². The first-order chi connectivity index (χ1) is 14.3. The van der Waals surface area contributed by atoms with Crippen molar-refractivity contribution in [2.45, 2.75) is 25.3 Å². The Morgan fingerprint density at radius 2 is 2.07 bits per heavy atom. The summed E-state index contributed by atoms with van der Waals surface area (Å²) in [5.74, 6) is -1.70. The Morgan fingerprint density at radius 1 is 1.33 bits per heavy atom. The van der Waals surface area contributed by atoms with Gasteiger partial charge in [-0.25, -0.2) is 9.78 Å². The number of amides is 2. The van der Waals surface area contributed by atoms with Crippen LogP contribution in [0.2, 0.25) is 0 Å². The summed E-state index contributed by atoms with van der Waals surface area (Å²) in [4.78, 5) is 43.0. The van der Waals surface area contributed by atoms with Crippen LogP contribution in [-0.2, 0) is 4.74 Å². The van der Waals surface area contributed by atoms with E-state index in [1.165, 1.54) is 23.1 Å². The van der Waals surface area contributed by atoms with E-state index in [0.29, 0.717) is 23.8 Å². The lowest BCUT2D eigenvalue weighted by Gasteiger charge is -2.24. The Kier molecular flexibility index (Phi) is 6.33. The summed E-state index contributed by atoms with van der Waals surface area (Å²) in [6.45, 7) is 2.11. The number of esters is 1. The number of hydrogen-bond acceptors (Lipinski definition) is 6. The number of primary amides is 1. The fourth-order valence-electron chi connectivity index (χ4n) is 2.92. The average Bonchev–Trinajstić information content (AvgIpc) is 3.55. The molecule has 1 saturated carbocycles. The quantitative estimate of drug-likeness (QED) is 0.535. The zero-order valence-electron chi connectivity index (χ0n) is 16.2. The molecule has 2 amide bonds. The number of hydrogen-bond donors (Lipinski definition) is 1. The number of rotatable bonds is 7. The maximum absolute atomic E-state index is 13.3. The fraction of sp³-hybridized carbons (Fsp3) is 0.286. The molecule has 1 fully saturated rings. The van der Waals surface area contributed by atoms with Gasteiger partial charge in [0.25, 0.3) is 17.4 Å². The van der Waals surface area contributed by atoms with Crippen molar-refractivity contribution in [2.24, 2.45) is 11.7 Å². The van der Waals surface area contributed by atoms with Gasteiger partial charge < -0.3 is 15.4 Å². The second-order valence-electron chi connectivity index (χ2n) is 6.97. The van der Waals surface area contributed by atoms with Crippen molar-refractivity contribution in [1.29, 1.82) is 5.26 Å². The van der Waals surface area contributed by atoms with Gasteiger partial charge in [0.15, 0.2) is 0 Å². The lowest BCUT2D eigenvalue weighted by molar-refractivity contribution is 0.0510. The minimum absolute atomic E-state index is 0.0898. The predicted octanol–water partition coefficient (Wildman–Crippen LogP) is 2.79. The van der Waals surface area contributed by atoms with Crippen LogP contribution < -0.4 is 10.6 Å². The van der Waals surface area contributed by atoms with Crippen molar-refractivity contribution < 1.29 is 19.1 Å². The van der Waals surface area contributed by atoms with Crippen LogP contribution in [0.4, 0.5) is 5.69 Å². The molecule has 0 bridgehead atoms. The molecule has 0 saturated heterocycles. The summed E-state index contributed by atoms with van der Waals surface area (Å²) in [5, 5.41) is 8.71. The lowest BCUT2D eigenvalue weighted by atomic mass is 10.1. The molecule has 2 N–H and O–H groups in total. The third kappa shape index (κ3) is 4.93. The van der Waals surface area contributed by atoms with Crippen molar-refractivity contribution in [3.05, 3.63) is 58.9 Å². The van der Waals surface area contributed by atoms with E-state index in [9.17, 15) is 14.4 Å². The van der Waals surface area contributed by atoms with E-state index in [0.717, 1.165) is 12.8 Å². The second-order valence-corrected chi connectivity index (χ2v) is 7.37. The van der Waals surface area contributed by atoms with Crippen molar-refractivity contribution in [3.8, 4) is 6.07 Å². The Morgan fingerprint density at radius 3 is 2.70 bits per heavy atom. The number of nitriles is 1. The van der Waals surface area contributed by atoms with Gasteiger partial charge in [-0.2, -0.15) is 5.26 Å². The molecule has 3 rings (SSSR count). The zero-order valence-corrected chi connectivity index (χ0v) is 16.9. The number of benzene rings is 1. The molecule has 9 heteroatoms. The number of anilines is 1. The van der Waals surface area contributed by atoms with Crippen molar-refractivity contribution in [3.63, 3.8) is 0 Å². The number of aromatic nitrogens is 1. The van der Waals surface area contributed by atoms with Gasteiger partial charge in [-0.3, -0.25) is 9.59 Å². The number of ether oxygens (including phenoxy) is 1. The molecule has 1 aromatic heterocycles. The molecule has 0 spiro atoms. The molecular weight excluding hydrogens is 408 g/mol. The normalized spacial score (nSPS) is 13.8. The minimum atomic E-state index is -1.41. The largest absolute Gasteiger partial charge is 0.428 e. The van der Waals surface area contributed by atoms with Crippen LogP contribution in [0.3, 0.4) is 0 Å². The van der Waals surface area contributed by atoms with E-state index < -0.39 is 23.3 Å². The topological polar surface area (TPSA) is 126 Å². The molecule has 1 atom stereocenters. The fourth-order valence-corrected chi connectivity index (χ4v) is 3.00. The Labute approximate surface area is 178 Å². The molecule has 1 aliphatic rings. The van der Waals surface area contributed by atoms with Gasteiger partial charge in [0.1, 0.15) is 11.8 Å². The summed E-state index contributed by atoms with van der Waals surface area (Å²) >= 11 is 5.56. The third-order valence-electron chi connectivity index (χ3n) is 4.59. The van der Waals surface area contributed by atoms with Gasteiger partial charge in [-0.05, 0) is 56.0 Å². The van der Waals surface area contributed by atoms with Gasteiger partial charge in [0.2, 0.25) is 0 Å². The van der Waals surface area contributed by atoms with Crippen molar-refractivity contribution in [1.82, 2.24) is 4.98 Å². The number of carbonyl (C=O) groups excluding carboxylic acids is 3. The van der Waals surface area contributed by atoms with Crippen molar-refractivity contribution in [2.75, 3.05) is 11.4 Å². The highest BCUT2D eigenvalue weighted by molar-refractivity contribution is 6.22. The molecule has 0 radical (unpaired) electrons. The zero-order chi connectivity index (χ0) is 21.8. The minimum Gasteiger partial charge on any atom is -0.428 e. The van der Waals surface area contributed by atoms with Crippen LogP contribution in [0.1, 0.15) is 49.7 Å². The van der Waals surface area contributed by atoms with Crippen LogP contribution in [-0.4, -0.2) is 34.9 Å². The summed E-state index contributed by atoms with van der Waals surface area (Å²) < 4.78 is 4.81. The lowest BCUT2D eigenvalue weighted by Crippen LogP contribution is -2.35. The Bertz CT molecular complexity index is 1050. The van der Waals surface area contributed by atoms with Gasteiger partial charge in [-0.1, -0.05) is 17.7 Å². The number of nitrogens with two attached hydrogens (primary N) is 1. The first-order valence-electron chi connectivity index (χ1n) is 9.24. The first-order valence-corrected chi connectivity index (χ1v) is 9.68. The first kappa shape index (κ1) is 21.3. The number of pyridine rings is 1. The molecule has 1 unspecified atom stereocenters. The van der Waals surface area contributed by atoms with E-state index in [2.05, 4.69) is 4.98 Å². The highest BCUT2D eigenvalue weighted by atomic mass is 35.5. The molecule has 154 valence electrons. The average molecular weight is 427 g/mol. The maximum atomic E-state index is 13.3. The molecule has 8 nitrogen and oxygen atoms in total. The van der Waals surface area contributed by atoms with Crippen LogP contribution in [0.25, 0.3) is 0 Å². The van der Waals surface area contributed by atoms with Gasteiger partial charge >= 0.3 is 5.97 Å². The van der Waals surface area contributed by atoms with E-state index in [-0.39, 0.29) is 16.8 Å². The second kappa shape index (κ2) is 8.93. The van der Waals surface area contributed by atoms with Crippen LogP contribution in [0, 0.1) is 24.2 Å². The SMILES string of the molecule is Cc1ccc(C(=O)N(CC2CC2)c2cccc(C(=O)OC(Cl)C#N)c2)c(C(N)=O)n1. The van der Waals surface area contributed by atoms with E-state index in [4.69, 9.17) is 27.3 Å². The molecule has 1 aliphatic carbocycles. The van der Waals surface area contributed by atoms with E-state index >= 15 is 0 Å². The number of carbonyl (C=O) groups is 3. The Balaban J connectivity index is 1.97. The smallest absolute Gasteiger partial charge is 0.340 e. The number of alkyl halides is 1. The molecule has 2 aromatic rings. The van der Waals surface area contributed by atoms with Crippen LogP contribution in [0.15, 0.2) is 36.4 Å². The predicted molar refractivity (Wildman–Crippen MR) is 109 cm³/mol. The standard InChI is InChI=1S/C21H19ClN4O4/c1-12-5-8-16(18(25-12)19(24)27)20(28)26(11-13-6-7-13)15-4-2-3-14(9-15)21(29)30-17(22)10-23/h2-5,8-9,13,17H,6-7,11H2,1H3,(H2,24,27). The summed E-state index contributed by atoms with van der Waals surface area (Å²) in [6, 6.07) is 11.0. The molecule has 1 aromatic carbocycles. The summed E-state index contributed by atoms with van der Waals surface area (Å²) in [7, 11) is 0. The number of nitrogens with zero attached hydrogens (tertiary/aromatic N) is 3. The Hall–Kier alpha value is -3.44. The molecular formula is C21H19ClN4O4. The maximum Gasteiger partial charge on any atom is 0.340 e. The highest BCUT2D eigenvalue weighted by Gasteiger charge is 2.30. The molecule has 30 heavy (non-hydrogen) atoms. The molecule has 1 heterocycles. The van der Waals surface area contributed by atoms with Gasteiger partial charge in [0, 0.05) is 17.9 Å².